The summed E-state index contributed by atoms with van der Waals surface area (Å²) in [6, 6.07) is -0.595. The molecule has 180 valence electrons. The third-order valence-corrected chi connectivity index (χ3v) is 5.57. The number of aromatic amines is 1. The SMILES string of the molecule is CCCCCCCCCCC(=O)N[C@H](C(=O)O)[C@H]1O[C@@H](n2ccc(=O)[nH]c2=O)[C@H](O)[C@@H]1O. The Labute approximate surface area is 185 Å². The van der Waals surface area contributed by atoms with Gasteiger partial charge in [-0.15, -0.1) is 0 Å². The second-order valence-corrected chi connectivity index (χ2v) is 8.10. The van der Waals surface area contributed by atoms with Gasteiger partial charge in [-0.3, -0.25) is 19.1 Å². The average Bonchev–Trinajstić information content (AvgIpc) is 3.02. The number of carboxylic acid groups (broad SMARTS) is 1. The van der Waals surface area contributed by atoms with Crippen molar-refractivity contribution >= 4 is 11.9 Å². The van der Waals surface area contributed by atoms with Gasteiger partial charge in [0.25, 0.3) is 5.56 Å². The first-order valence-corrected chi connectivity index (χ1v) is 11.1. The van der Waals surface area contributed by atoms with Gasteiger partial charge in [-0.25, -0.2) is 9.59 Å². The normalized spacial score (nSPS) is 23.7. The van der Waals surface area contributed by atoms with E-state index in [1.54, 1.807) is 0 Å². The van der Waals surface area contributed by atoms with Gasteiger partial charge in [-0.05, 0) is 6.42 Å². The predicted molar refractivity (Wildman–Crippen MR) is 114 cm³/mol. The van der Waals surface area contributed by atoms with E-state index in [0.717, 1.165) is 36.1 Å². The molecule has 0 saturated carbocycles. The Morgan fingerprint density at radius 1 is 1.09 bits per heavy atom. The molecule has 32 heavy (non-hydrogen) atoms. The summed E-state index contributed by atoms with van der Waals surface area (Å²) in [7, 11) is 0. The number of aliphatic hydroxyl groups is 2. The molecule has 0 aliphatic carbocycles. The molecule has 2 heterocycles. The molecule has 1 aliphatic rings. The summed E-state index contributed by atoms with van der Waals surface area (Å²) in [4.78, 5) is 49.2. The second-order valence-electron chi connectivity index (χ2n) is 8.10. The van der Waals surface area contributed by atoms with E-state index in [1.165, 1.54) is 25.7 Å². The molecule has 0 spiro atoms. The van der Waals surface area contributed by atoms with Crippen molar-refractivity contribution in [2.75, 3.05) is 0 Å². The van der Waals surface area contributed by atoms with Crippen LogP contribution in [0.1, 0.15) is 70.9 Å². The van der Waals surface area contributed by atoms with Gasteiger partial charge >= 0.3 is 11.7 Å². The van der Waals surface area contributed by atoms with Gasteiger partial charge in [0.15, 0.2) is 12.3 Å². The van der Waals surface area contributed by atoms with Crippen molar-refractivity contribution in [1.29, 1.82) is 0 Å². The van der Waals surface area contributed by atoms with E-state index in [1.807, 2.05) is 4.98 Å². The number of H-pyrrole nitrogens is 1. The third-order valence-electron chi connectivity index (χ3n) is 5.57. The van der Waals surface area contributed by atoms with E-state index >= 15 is 0 Å². The fourth-order valence-corrected chi connectivity index (χ4v) is 3.77. The Morgan fingerprint density at radius 3 is 2.31 bits per heavy atom. The highest BCUT2D eigenvalue weighted by atomic mass is 16.6. The lowest BCUT2D eigenvalue weighted by atomic mass is 10.0. The molecule has 1 aromatic heterocycles. The van der Waals surface area contributed by atoms with Gasteiger partial charge in [0.05, 0.1) is 0 Å². The van der Waals surface area contributed by atoms with Crippen LogP contribution in [0, 0.1) is 0 Å². The van der Waals surface area contributed by atoms with Crippen LogP contribution in [0.2, 0.25) is 0 Å². The largest absolute Gasteiger partial charge is 0.480 e. The zero-order valence-corrected chi connectivity index (χ0v) is 18.2. The summed E-state index contributed by atoms with van der Waals surface area (Å²) in [5, 5.41) is 32.5. The molecule has 0 unspecified atom stereocenters. The third kappa shape index (κ3) is 7.01. The molecule has 1 saturated heterocycles. The maximum absolute atomic E-state index is 12.3. The molecule has 1 aromatic rings. The molecule has 0 bridgehead atoms. The Morgan fingerprint density at radius 2 is 1.72 bits per heavy atom. The quantitative estimate of drug-likeness (QED) is 0.264. The number of carbonyl (C=O) groups is 2. The number of carboxylic acids is 1. The number of hydrogen-bond donors (Lipinski definition) is 5. The van der Waals surface area contributed by atoms with Crippen molar-refractivity contribution in [3.05, 3.63) is 33.1 Å². The van der Waals surface area contributed by atoms with E-state index in [9.17, 15) is 34.5 Å². The summed E-state index contributed by atoms with van der Waals surface area (Å²) in [6.45, 7) is 2.16. The van der Waals surface area contributed by atoms with Gasteiger partial charge in [-0.1, -0.05) is 51.9 Å². The van der Waals surface area contributed by atoms with E-state index in [-0.39, 0.29) is 6.42 Å². The van der Waals surface area contributed by atoms with Crippen molar-refractivity contribution in [3.8, 4) is 0 Å². The minimum atomic E-state index is -1.68. The summed E-state index contributed by atoms with van der Waals surface area (Å²) in [5.41, 5.74) is -1.55. The zero-order chi connectivity index (χ0) is 23.7. The number of aromatic nitrogens is 2. The number of nitrogens with zero attached hydrogens (tertiary/aromatic N) is 1. The van der Waals surface area contributed by atoms with Gasteiger partial charge in [0, 0.05) is 18.7 Å². The molecule has 5 N–H and O–H groups in total. The highest BCUT2D eigenvalue weighted by Crippen LogP contribution is 2.30. The molecule has 1 amide bonds. The zero-order valence-electron chi connectivity index (χ0n) is 18.2. The maximum atomic E-state index is 12.3. The average molecular weight is 456 g/mol. The van der Waals surface area contributed by atoms with Gasteiger partial charge in [-0.2, -0.15) is 0 Å². The van der Waals surface area contributed by atoms with Crippen molar-refractivity contribution in [3.63, 3.8) is 0 Å². The fourth-order valence-electron chi connectivity index (χ4n) is 3.77. The molecule has 5 atom stereocenters. The van der Waals surface area contributed by atoms with Crippen molar-refractivity contribution in [2.24, 2.45) is 0 Å². The summed E-state index contributed by atoms with van der Waals surface area (Å²) >= 11 is 0. The summed E-state index contributed by atoms with van der Waals surface area (Å²) < 4.78 is 6.30. The number of amides is 1. The first kappa shape index (κ1) is 25.8. The number of carbonyl (C=O) groups excluding carboxylic acids is 1. The van der Waals surface area contributed by atoms with E-state index < -0.39 is 53.7 Å². The lowest BCUT2D eigenvalue weighted by molar-refractivity contribution is -0.149. The van der Waals surface area contributed by atoms with Crippen LogP contribution in [0.3, 0.4) is 0 Å². The Balaban J connectivity index is 1.91. The molecule has 2 rings (SSSR count). The number of aliphatic carboxylic acids is 1. The first-order valence-electron chi connectivity index (χ1n) is 11.1. The fraction of sp³-hybridized carbons (Fsp3) is 0.714. The molecule has 0 aromatic carbocycles. The smallest absolute Gasteiger partial charge is 0.330 e. The lowest BCUT2D eigenvalue weighted by Crippen LogP contribution is -2.53. The van der Waals surface area contributed by atoms with Crippen molar-refractivity contribution in [2.45, 2.75) is 95.3 Å². The van der Waals surface area contributed by atoms with Gasteiger partial charge in [0.2, 0.25) is 5.91 Å². The summed E-state index contributed by atoms with van der Waals surface area (Å²) in [5.74, 6) is -1.95. The molecule has 0 radical (unpaired) electrons. The Kier molecular flexibility index (Phi) is 10.1. The Bertz CT molecular complexity index is 867. The van der Waals surface area contributed by atoms with E-state index in [4.69, 9.17) is 4.74 Å². The molecular weight excluding hydrogens is 422 g/mol. The number of hydrogen-bond acceptors (Lipinski definition) is 7. The highest BCUT2D eigenvalue weighted by Gasteiger charge is 2.50. The van der Waals surface area contributed by atoms with Gasteiger partial charge < -0.3 is 25.4 Å². The number of unbranched alkanes of at least 4 members (excludes halogenated alkanes) is 7. The minimum Gasteiger partial charge on any atom is -0.480 e. The molecule has 11 nitrogen and oxygen atoms in total. The van der Waals surface area contributed by atoms with Crippen LogP contribution in [-0.4, -0.2) is 61.1 Å². The number of ether oxygens (including phenoxy) is 1. The van der Waals surface area contributed by atoms with Crippen LogP contribution in [0.15, 0.2) is 21.9 Å². The second kappa shape index (κ2) is 12.5. The topological polar surface area (TPSA) is 171 Å². The summed E-state index contributed by atoms with van der Waals surface area (Å²) in [6.07, 6.45) is 3.32. The maximum Gasteiger partial charge on any atom is 0.330 e. The van der Waals surface area contributed by atoms with Crippen LogP contribution < -0.4 is 16.6 Å². The monoisotopic (exact) mass is 455 g/mol. The van der Waals surface area contributed by atoms with Crippen LogP contribution in [-0.2, 0) is 14.3 Å². The van der Waals surface area contributed by atoms with Crippen molar-refractivity contribution < 1.29 is 29.6 Å². The predicted octanol–water partition coefficient (Wildman–Crippen LogP) is 0.256. The van der Waals surface area contributed by atoms with E-state index in [2.05, 4.69) is 12.2 Å². The van der Waals surface area contributed by atoms with Crippen LogP contribution in [0.4, 0.5) is 0 Å². The number of nitrogens with one attached hydrogen (secondary N) is 2. The molecule has 11 heteroatoms. The van der Waals surface area contributed by atoms with Gasteiger partial charge in [0.1, 0.15) is 18.3 Å². The standard InChI is InChI=1S/C21H33N3O8/c1-2-3-4-5-6-7-8-9-10-13(25)22-15(20(29)30)18-16(27)17(28)19(32-18)24-12-11-14(26)23-21(24)31/h11-12,15-19,27-28H,2-10H2,1H3,(H,22,25)(H,29,30)(H,23,26,31)/t15-,16-,17+,18+,19+/m0/s1. The van der Waals surface area contributed by atoms with Crippen LogP contribution in [0.25, 0.3) is 0 Å². The number of aliphatic hydroxyl groups excluding tert-OH is 2. The highest BCUT2D eigenvalue weighted by molar-refractivity contribution is 5.84. The lowest BCUT2D eigenvalue weighted by Gasteiger charge is -2.23. The van der Waals surface area contributed by atoms with Crippen molar-refractivity contribution in [1.82, 2.24) is 14.9 Å². The molecule has 1 fully saturated rings. The Hall–Kier alpha value is -2.50. The minimum absolute atomic E-state index is 0.132. The molecule has 1 aliphatic heterocycles. The number of rotatable bonds is 13. The van der Waals surface area contributed by atoms with E-state index in [0.29, 0.717) is 6.42 Å². The van der Waals surface area contributed by atoms with Crippen LogP contribution in [0.5, 0.6) is 0 Å². The molecular formula is C21H33N3O8. The van der Waals surface area contributed by atoms with Crippen LogP contribution >= 0.6 is 0 Å². The first-order chi connectivity index (χ1) is 15.3.